The van der Waals surface area contributed by atoms with E-state index in [-0.39, 0.29) is 5.91 Å². The molecule has 0 bridgehead atoms. The zero-order valence-electron chi connectivity index (χ0n) is 12.2. The van der Waals surface area contributed by atoms with Crippen molar-refractivity contribution in [1.82, 2.24) is 5.32 Å². The van der Waals surface area contributed by atoms with E-state index in [1.807, 2.05) is 24.3 Å². The number of carbonyl (C=O) groups is 2. The molecule has 0 unspecified atom stereocenters. The van der Waals surface area contributed by atoms with Crippen molar-refractivity contribution in [3.63, 3.8) is 0 Å². The number of hydrogen-bond acceptors (Lipinski definition) is 5. The number of hydrogen-bond donors (Lipinski definition) is 1. The van der Waals surface area contributed by atoms with Crippen LogP contribution < -0.4 is 5.32 Å². The van der Waals surface area contributed by atoms with Gasteiger partial charge in [-0.3, -0.25) is 4.79 Å². The Labute approximate surface area is 143 Å². The Morgan fingerprint density at radius 2 is 1.91 bits per heavy atom. The van der Waals surface area contributed by atoms with E-state index in [4.69, 9.17) is 11.6 Å². The average Bonchev–Trinajstić information content (AvgIpc) is 2.50. The Morgan fingerprint density at radius 1 is 1.27 bits per heavy atom. The largest absolute Gasteiger partial charge is 0.467 e. The summed E-state index contributed by atoms with van der Waals surface area (Å²) < 4.78 is 4.63. The standard InChI is InChI=1S/C15H16ClNO3S2/c1-11(18)17-14(15(19)20-2)10-22-8-7-21-9-12-3-5-13(16)6-4-12/h3-6,14H,9-10H2,1-2H3,(H,17,18)/t14-/m0/s1. The van der Waals surface area contributed by atoms with Crippen LogP contribution >= 0.6 is 35.1 Å². The Bertz CT molecular complexity index is 566. The van der Waals surface area contributed by atoms with E-state index >= 15 is 0 Å². The van der Waals surface area contributed by atoms with E-state index in [1.54, 1.807) is 0 Å². The first-order chi connectivity index (χ1) is 10.5. The number of amides is 1. The van der Waals surface area contributed by atoms with Crippen molar-refractivity contribution in [1.29, 1.82) is 0 Å². The molecular weight excluding hydrogens is 342 g/mol. The lowest BCUT2D eigenvalue weighted by Crippen LogP contribution is -2.42. The van der Waals surface area contributed by atoms with Gasteiger partial charge in [0.2, 0.25) is 5.91 Å². The number of carbonyl (C=O) groups excluding carboxylic acids is 2. The van der Waals surface area contributed by atoms with E-state index in [9.17, 15) is 9.59 Å². The average molecular weight is 358 g/mol. The highest BCUT2D eigenvalue weighted by atomic mass is 35.5. The molecule has 0 saturated carbocycles. The molecule has 1 aromatic rings. The Balaban J connectivity index is 2.34. The van der Waals surface area contributed by atoms with Gasteiger partial charge in [0.15, 0.2) is 0 Å². The van der Waals surface area contributed by atoms with Gasteiger partial charge in [-0.05, 0) is 28.2 Å². The van der Waals surface area contributed by atoms with Crippen molar-refractivity contribution < 1.29 is 14.3 Å². The Morgan fingerprint density at radius 3 is 2.50 bits per heavy atom. The summed E-state index contributed by atoms with van der Waals surface area (Å²) in [5.74, 6) is 0.358. The summed E-state index contributed by atoms with van der Waals surface area (Å²) in [7, 11) is 1.29. The van der Waals surface area contributed by atoms with Crippen molar-refractivity contribution in [3.05, 3.63) is 34.9 Å². The number of rotatable bonds is 6. The molecule has 1 aromatic carbocycles. The van der Waals surface area contributed by atoms with Gasteiger partial charge in [0, 0.05) is 23.5 Å². The van der Waals surface area contributed by atoms with Crippen LogP contribution in [0, 0.1) is 10.5 Å². The first kappa shape index (κ1) is 18.8. The second-order valence-electron chi connectivity index (χ2n) is 4.21. The van der Waals surface area contributed by atoms with Crippen LogP contribution in [0.1, 0.15) is 12.5 Å². The van der Waals surface area contributed by atoms with Gasteiger partial charge in [0.05, 0.1) is 7.11 Å². The second kappa shape index (κ2) is 10.4. The number of thioether (sulfide) groups is 2. The molecule has 1 N–H and O–H groups in total. The summed E-state index contributed by atoms with van der Waals surface area (Å²) in [4.78, 5) is 22.5. The maximum absolute atomic E-state index is 11.5. The van der Waals surface area contributed by atoms with Gasteiger partial charge in [-0.25, -0.2) is 4.79 Å². The molecule has 0 aliphatic heterocycles. The lowest BCUT2D eigenvalue weighted by atomic mass is 10.2. The molecule has 0 spiro atoms. The maximum atomic E-state index is 11.5. The molecule has 0 fully saturated rings. The summed E-state index contributed by atoms with van der Waals surface area (Å²) in [5.41, 5.74) is 1.14. The number of methoxy groups -OCH3 is 1. The molecule has 0 heterocycles. The molecule has 0 aliphatic carbocycles. The highest BCUT2D eigenvalue weighted by Crippen LogP contribution is 2.15. The van der Waals surface area contributed by atoms with E-state index in [0.717, 1.165) is 11.3 Å². The van der Waals surface area contributed by atoms with Crippen LogP contribution in [-0.2, 0) is 20.1 Å². The van der Waals surface area contributed by atoms with Crippen LogP contribution in [0.25, 0.3) is 0 Å². The van der Waals surface area contributed by atoms with Gasteiger partial charge >= 0.3 is 5.97 Å². The fourth-order valence-corrected chi connectivity index (χ4v) is 2.94. The van der Waals surface area contributed by atoms with Crippen molar-refractivity contribution in [2.24, 2.45) is 0 Å². The smallest absolute Gasteiger partial charge is 0.329 e. The first-order valence-electron chi connectivity index (χ1n) is 6.36. The molecular formula is C15H16ClNO3S2. The topological polar surface area (TPSA) is 55.4 Å². The number of esters is 1. The molecule has 0 aliphatic rings. The van der Waals surface area contributed by atoms with Crippen molar-refractivity contribution in [2.75, 3.05) is 12.9 Å². The van der Waals surface area contributed by atoms with Crippen LogP contribution in [0.5, 0.6) is 0 Å². The summed E-state index contributed by atoms with van der Waals surface area (Å²) in [6.45, 7) is 1.36. The molecule has 1 amide bonds. The van der Waals surface area contributed by atoms with E-state index in [0.29, 0.717) is 10.8 Å². The van der Waals surface area contributed by atoms with Gasteiger partial charge in [0.1, 0.15) is 6.04 Å². The highest BCUT2D eigenvalue weighted by molar-refractivity contribution is 8.06. The van der Waals surface area contributed by atoms with Crippen molar-refractivity contribution >= 4 is 47.0 Å². The molecule has 1 atom stereocenters. The number of nitrogens with one attached hydrogen (secondary N) is 1. The SMILES string of the molecule is COC(=O)[C@H](CSC#CSCc1ccc(Cl)cc1)NC(C)=O. The molecule has 22 heavy (non-hydrogen) atoms. The Hall–Kier alpha value is -1.29. The third-order valence-corrected chi connectivity index (χ3v) is 4.30. The second-order valence-corrected chi connectivity index (χ2v) is 6.25. The third-order valence-electron chi connectivity index (χ3n) is 2.45. The Kier molecular flexibility index (Phi) is 8.90. The monoisotopic (exact) mass is 357 g/mol. The van der Waals surface area contributed by atoms with Crippen LogP contribution in [0.2, 0.25) is 5.02 Å². The van der Waals surface area contributed by atoms with Gasteiger partial charge in [0.25, 0.3) is 0 Å². The summed E-state index contributed by atoms with van der Waals surface area (Å²) in [5, 5.41) is 9.08. The molecule has 0 radical (unpaired) electrons. The van der Waals surface area contributed by atoms with Gasteiger partial charge in [-0.15, -0.1) is 0 Å². The maximum Gasteiger partial charge on any atom is 0.329 e. The zero-order valence-corrected chi connectivity index (χ0v) is 14.6. The van der Waals surface area contributed by atoms with Crippen LogP contribution in [0.4, 0.5) is 0 Å². The number of benzene rings is 1. The van der Waals surface area contributed by atoms with Crippen molar-refractivity contribution in [2.45, 2.75) is 18.7 Å². The lowest BCUT2D eigenvalue weighted by Gasteiger charge is -2.12. The van der Waals surface area contributed by atoms with Crippen molar-refractivity contribution in [3.8, 4) is 10.5 Å². The minimum Gasteiger partial charge on any atom is -0.467 e. The lowest BCUT2D eigenvalue weighted by molar-refractivity contribution is -0.144. The van der Waals surface area contributed by atoms with Crippen LogP contribution in [-0.4, -0.2) is 30.8 Å². The van der Waals surface area contributed by atoms with Gasteiger partial charge < -0.3 is 10.1 Å². The minimum atomic E-state index is -0.678. The van der Waals surface area contributed by atoms with Crippen LogP contribution in [0.15, 0.2) is 24.3 Å². The minimum absolute atomic E-state index is 0.277. The first-order valence-corrected chi connectivity index (χ1v) is 8.70. The molecule has 1 rings (SSSR count). The normalized spacial score (nSPS) is 11.0. The van der Waals surface area contributed by atoms with Crippen LogP contribution in [0.3, 0.4) is 0 Å². The summed E-state index contributed by atoms with van der Waals surface area (Å²) >= 11 is 8.54. The fraction of sp³-hybridized carbons (Fsp3) is 0.333. The molecule has 7 heteroatoms. The molecule has 0 saturated heterocycles. The zero-order chi connectivity index (χ0) is 16.4. The van der Waals surface area contributed by atoms with E-state index < -0.39 is 12.0 Å². The van der Waals surface area contributed by atoms with E-state index in [2.05, 4.69) is 20.6 Å². The summed E-state index contributed by atoms with van der Waals surface area (Å²) in [6.07, 6.45) is 0. The number of ether oxygens (including phenoxy) is 1. The number of halogens is 1. The van der Waals surface area contributed by atoms with Gasteiger partial charge in [-0.2, -0.15) is 0 Å². The molecule has 0 aromatic heterocycles. The fourth-order valence-electron chi connectivity index (χ4n) is 1.44. The highest BCUT2D eigenvalue weighted by Gasteiger charge is 2.19. The molecule has 4 nitrogen and oxygen atoms in total. The quantitative estimate of drug-likeness (QED) is 0.626. The van der Waals surface area contributed by atoms with E-state index in [1.165, 1.54) is 37.6 Å². The molecule has 118 valence electrons. The predicted molar refractivity (Wildman–Crippen MR) is 92.6 cm³/mol. The third kappa shape index (κ3) is 7.64. The summed E-state index contributed by atoms with van der Waals surface area (Å²) in [6, 6.07) is 6.91. The van der Waals surface area contributed by atoms with Gasteiger partial charge in [-0.1, -0.05) is 47.3 Å². The predicted octanol–water partition coefficient (Wildman–Crippen LogP) is 2.90.